The van der Waals surface area contributed by atoms with Gasteiger partial charge in [-0.3, -0.25) is 0 Å². The van der Waals surface area contributed by atoms with E-state index in [-0.39, 0.29) is 0 Å². The number of nitrogens with one attached hydrogen (secondary N) is 1. The molecule has 0 atom stereocenters. The van der Waals surface area contributed by atoms with Gasteiger partial charge in [0.05, 0.1) is 19.4 Å². The second-order valence-electron chi connectivity index (χ2n) is 5.31. The van der Waals surface area contributed by atoms with E-state index in [0.29, 0.717) is 6.61 Å². The van der Waals surface area contributed by atoms with E-state index in [1.807, 2.05) is 6.07 Å². The first-order valence-corrected chi connectivity index (χ1v) is 6.78. The maximum Gasteiger partial charge on any atom is 0.123 e. The molecule has 1 N–H and O–H groups in total. The van der Waals surface area contributed by atoms with Crippen LogP contribution in [0, 0.1) is 5.92 Å². The molecular weight excluding hydrogens is 214 g/mol. The van der Waals surface area contributed by atoms with Crippen molar-refractivity contribution in [3.63, 3.8) is 0 Å². The van der Waals surface area contributed by atoms with Gasteiger partial charge in [0.15, 0.2) is 0 Å². The van der Waals surface area contributed by atoms with Gasteiger partial charge in [0, 0.05) is 18.2 Å². The van der Waals surface area contributed by atoms with Gasteiger partial charge < -0.3 is 14.5 Å². The molecule has 94 valence electrons. The third-order valence-corrected chi connectivity index (χ3v) is 3.59. The minimum absolute atomic E-state index is 0.699. The van der Waals surface area contributed by atoms with E-state index < -0.39 is 0 Å². The zero-order valence-corrected chi connectivity index (χ0v) is 10.3. The second-order valence-corrected chi connectivity index (χ2v) is 5.31. The van der Waals surface area contributed by atoms with E-state index in [9.17, 15) is 0 Å². The Kier molecular flexibility index (Phi) is 3.48. The Hall–Kier alpha value is -0.800. The van der Waals surface area contributed by atoms with Crippen molar-refractivity contribution in [2.75, 3.05) is 6.61 Å². The van der Waals surface area contributed by atoms with Gasteiger partial charge in [0.25, 0.3) is 0 Å². The fourth-order valence-electron chi connectivity index (χ4n) is 2.01. The summed E-state index contributed by atoms with van der Waals surface area (Å²) < 4.78 is 11.2. The topological polar surface area (TPSA) is 34.4 Å². The van der Waals surface area contributed by atoms with Crippen LogP contribution >= 0.6 is 0 Å². The van der Waals surface area contributed by atoms with Crippen LogP contribution in [-0.2, 0) is 17.9 Å². The summed E-state index contributed by atoms with van der Waals surface area (Å²) in [5, 5.41) is 3.47. The first-order valence-electron chi connectivity index (χ1n) is 6.78. The minimum atomic E-state index is 0.699. The van der Waals surface area contributed by atoms with Crippen LogP contribution < -0.4 is 5.32 Å². The highest BCUT2D eigenvalue weighted by atomic mass is 16.5. The van der Waals surface area contributed by atoms with Crippen LogP contribution in [0.5, 0.6) is 0 Å². The van der Waals surface area contributed by atoms with Gasteiger partial charge in [-0.05, 0) is 31.2 Å². The van der Waals surface area contributed by atoms with Crippen LogP contribution in [0.15, 0.2) is 16.7 Å². The average molecular weight is 235 g/mol. The van der Waals surface area contributed by atoms with Crippen LogP contribution in [0.3, 0.4) is 0 Å². The third-order valence-electron chi connectivity index (χ3n) is 3.59. The monoisotopic (exact) mass is 235 g/mol. The Bertz CT molecular complexity index is 353. The molecule has 0 aromatic carbocycles. The molecule has 0 spiro atoms. The summed E-state index contributed by atoms with van der Waals surface area (Å²) in [6, 6.07) is 2.75. The van der Waals surface area contributed by atoms with Crippen molar-refractivity contribution < 1.29 is 9.15 Å². The van der Waals surface area contributed by atoms with E-state index in [1.165, 1.54) is 37.7 Å². The van der Waals surface area contributed by atoms with Crippen molar-refractivity contribution in [2.24, 2.45) is 5.92 Å². The quantitative estimate of drug-likeness (QED) is 0.704. The molecule has 0 saturated heterocycles. The normalized spacial score (nSPS) is 19.8. The summed E-state index contributed by atoms with van der Waals surface area (Å²) in [4.78, 5) is 0. The predicted molar refractivity (Wildman–Crippen MR) is 65.6 cm³/mol. The second kappa shape index (κ2) is 5.23. The summed E-state index contributed by atoms with van der Waals surface area (Å²) in [5.41, 5.74) is 1.20. The summed E-state index contributed by atoms with van der Waals surface area (Å²) >= 11 is 0. The fraction of sp³-hybridized carbons (Fsp3) is 0.714. The van der Waals surface area contributed by atoms with Gasteiger partial charge in [0.2, 0.25) is 0 Å². The molecule has 3 nitrogen and oxygen atoms in total. The van der Waals surface area contributed by atoms with Crippen LogP contribution in [0.25, 0.3) is 0 Å². The molecular formula is C14H21NO2. The van der Waals surface area contributed by atoms with E-state index in [4.69, 9.17) is 9.15 Å². The van der Waals surface area contributed by atoms with Crippen LogP contribution in [0.2, 0.25) is 0 Å². The summed E-state index contributed by atoms with van der Waals surface area (Å²) in [5.74, 6) is 2.00. The zero-order chi connectivity index (χ0) is 11.5. The number of hydrogen-bond acceptors (Lipinski definition) is 3. The van der Waals surface area contributed by atoms with Gasteiger partial charge in [-0.25, -0.2) is 0 Å². The molecule has 2 aliphatic rings. The molecule has 2 saturated carbocycles. The lowest BCUT2D eigenvalue weighted by molar-refractivity contribution is 0.114. The predicted octanol–water partition coefficient (Wildman–Crippen LogP) is 2.85. The van der Waals surface area contributed by atoms with Crippen molar-refractivity contribution >= 4 is 0 Å². The fourth-order valence-corrected chi connectivity index (χ4v) is 2.01. The highest BCUT2D eigenvalue weighted by Gasteiger charge is 2.22. The molecule has 3 rings (SSSR count). The van der Waals surface area contributed by atoms with Gasteiger partial charge in [-0.15, -0.1) is 0 Å². The third kappa shape index (κ3) is 3.58. The Morgan fingerprint density at radius 2 is 2.18 bits per heavy atom. The first kappa shape index (κ1) is 11.3. The lowest BCUT2D eigenvalue weighted by atomic mass is 10.2. The SMILES string of the molecule is c1cc(COCCC2CC2)c(CNC2CC2)o1. The lowest BCUT2D eigenvalue weighted by Crippen LogP contribution is -2.15. The van der Waals surface area contributed by atoms with Crippen LogP contribution in [-0.4, -0.2) is 12.6 Å². The minimum Gasteiger partial charge on any atom is -0.468 e. The maximum absolute atomic E-state index is 5.70. The molecule has 2 fully saturated rings. The smallest absolute Gasteiger partial charge is 0.123 e. The summed E-state index contributed by atoms with van der Waals surface area (Å²) in [6.07, 6.45) is 8.44. The van der Waals surface area contributed by atoms with Crippen molar-refractivity contribution in [1.82, 2.24) is 5.32 Å². The Balaban J connectivity index is 1.39. The number of rotatable bonds is 8. The number of ether oxygens (including phenoxy) is 1. The van der Waals surface area contributed by atoms with E-state index >= 15 is 0 Å². The lowest BCUT2D eigenvalue weighted by Gasteiger charge is -2.05. The van der Waals surface area contributed by atoms with Gasteiger partial charge >= 0.3 is 0 Å². The Morgan fingerprint density at radius 3 is 2.94 bits per heavy atom. The molecule has 3 heteroatoms. The number of hydrogen-bond donors (Lipinski definition) is 1. The molecule has 17 heavy (non-hydrogen) atoms. The van der Waals surface area contributed by atoms with E-state index in [0.717, 1.165) is 30.9 Å². The maximum atomic E-state index is 5.70. The molecule has 0 bridgehead atoms. The molecule has 0 aliphatic heterocycles. The first-order chi connectivity index (χ1) is 8.42. The van der Waals surface area contributed by atoms with Crippen molar-refractivity contribution in [3.05, 3.63) is 23.7 Å². The number of furan rings is 1. The molecule has 1 aromatic rings. The van der Waals surface area contributed by atoms with E-state index in [2.05, 4.69) is 5.32 Å². The Morgan fingerprint density at radius 1 is 1.29 bits per heavy atom. The van der Waals surface area contributed by atoms with Gasteiger partial charge in [-0.1, -0.05) is 12.8 Å². The zero-order valence-electron chi connectivity index (χ0n) is 10.3. The average Bonchev–Trinajstić information content (AvgIpc) is 3.24. The molecule has 1 heterocycles. The molecule has 2 aliphatic carbocycles. The molecule has 0 amide bonds. The van der Waals surface area contributed by atoms with Crippen LogP contribution in [0.1, 0.15) is 43.4 Å². The molecule has 0 unspecified atom stereocenters. The highest BCUT2D eigenvalue weighted by molar-refractivity contribution is 5.16. The van der Waals surface area contributed by atoms with Crippen molar-refractivity contribution in [3.8, 4) is 0 Å². The van der Waals surface area contributed by atoms with Gasteiger partial charge in [-0.2, -0.15) is 0 Å². The van der Waals surface area contributed by atoms with Crippen LogP contribution in [0.4, 0.5) is 0 Å². The largest absolute Gasteiger partial charge is 0.468 e. The standard InChI is InChI=1S/C14H21NO2/c1-2-11(1)5-7-16-10-12-6-8-17-14(12)9-15-13-3-4-13/h6,8,11,13,15H,1-5,7,9-10H2. The van der Waals surface area contributed by atoms with Gasteiger partial charge in [0.1, 0.15) is 5.76 Å². The van der Waals surface area contributed by atoms with Crippen molar-refractivity contribution in [2.45, 2.75) is 51.3 Å². The highest BCUT2D eigenvalue weighted by Crippen LogP contribution is 2.32. The van der Waals surface area contributed by atoms with E-state index in [1.54, 1.807) is 6.26 Å². The molecule has 0 radical (unpaired) electrons. The molecule has 1 aromatic heterocycles. The Labute approximate surface area is 103 Å². The summed E-state index contributed by atoms with van der Waals surface area (Å²) in [6.45, 7) is 2.44. The van der Waals surface area contributed by atoms with Crippen molar-refractivity contribution in [1.29, 1.82) is 0 Å². The summed E-state index contributed by atoms with van der Waals surface area (Å²) in [7, 11) is 0.